The fourth-order valence-corrected chi connectivity index (χ4v) is 3.92. The van der Waals surface area contributed by atoms with Gasteiger partial charge in [0, 0.05) is 23.5 Å². The van der Waals surface area contributed by atoms with Gasteiger partial charge in [-0.3, -0.25) is 9.69 Å². The molecule has 1 aliphatic rings. The molecule has 23 heavy (non-hydrogen) atoms. The van der Waals surface area contributed by atoms with Crippen LogP contribution in [0.5, 0.6) is 11.5 Å². The molecule has 0 spiro atoms. The minimum atomic E-state index is -0.879. The number of carboxylic acid groups (broad SMARTS) is 1. The molecule has 1 aromatic carbocycles. The number of hydrogen-bond donors (Lipinski definition) is 1. The summed E-state index contributed by atoms with van der Waals surface area (Å²) in [6.45, 7) is 1.35. The summed E-state index contributed by atoms with van der Waals surface area (Å²) < 4.78 is 10.6. The molecule has 2 aromatic rings. The van der Waals surface area contributed by atoms with Gasteiger partial charge >= 0.3 is 5.97 Å². The van der Waals surface area contributed by atoms with Crippen molar-refractivity contribution in [1.82, 2.24) is 4.90 Å². The topological polar surface area (TPSA) is 59.0 Å². The molecule has 1 atom stereocenters. The first-order chi connectivity index (χ1) is 11.1. The first kappa shape index (κ1) is 15.8. The zero-order chi connectivity index (χ0) is 16.4. The van der Waals surface area contributed by atoms with Crippen molar-refractivity contribution in [1.29, 1.82) is 0 Å². The quantitative estimate of drug-likeness (QED) is 0.912. The third kappa shape index (κ3) is 3.04. The Morgan fingerprint density at radius 3 is 2.83 bits per heavy atom. The molecule has 0 saturated heterocycles. The lowest BCUT2D eigenvalue weighted by molar-refractivity contribution is -0.144. The van der Waals surface area contributed by atoms with Crippen LogP contribution in [-0.2, 0) is 17.8 Å². The second-order valence-electron chi connectivity index (χ2n) is 5.44. The van der Waals surface area contributed by atoms with E-state index in [0.717, 1.165) is 6.42 Å². The highest BCUT2D eigenvalue weighted by Gasteiger charge is 2.33. The summed E-state index contributed by atoms with van der Waals surface area (Å²) in [5.74, 6) is 0.310. The molecule has 3 rings (SSSR count). The van der Waals surface area contributed by atoms with Crippen molar-refractivity contribution in [3.63, 3.8) is 0 Å². The van der Waals surface area contributed by atoms with E-state index in [4.69, 9.17) is 9.47 Å². The molecular formula is C17H19NO4S. The van der Waals surface area contributed by atoms with Gasteiger partial charge in [0.2, 0.25) is 0 Å². The Morgan fingerprint density at radius 2 is 2.13 bits per heavy atom. The summed E-state index contributed by atoms with van der Waals surface area (Å²) in [6, 6.07) is 6.60. The highest BCUT2D eigenvalue weighted by Crippen LogP contribution is 2.36. The van der Waals surface area contributed by atoms with Crippen LogP contribution in [-0.4, -0.2) is 36.7 Å². The number of thiophene rings is 1. The second kappa shape index (κ2) is 6.60. The van der Waals surface area contributed by atoms with Crippen molar-refractivity contribution < 1.29 is 19.4 Å². The zero-order valence-electron chi connectivity index (χ0n) is 13.1. The average Bonchev–Trinajstić information content (AvgIpc) is 3.02. The molecule has 1 aromatic heterocycles. The first-order valence-corrected chi connectivity index (χ1v) is 8.26. The monoisotopic (exact) mass is 333 g/mol. The van der Waals surface area contributed by atoms with Crippen LogP contribution in [0, 0.1) is 0 Å². The number of nitrogens with zero attached hydrogens (tertiary/aromatic N) is 1. The fraction of sp³-hybridized carbons (Fsp3) is 0.353. The van der Waals surface area contributed by atoms with Crippen LogP contribution in [0.25, 0.3) is 0 Å². The summed E-state index contributed by atoms with van der Waals surface area (Å²) in [4.78, 5) is 15.3. The molecule has 0 bridgehead atoms. The molecule has 0 fully saturated rings. The maximum absolute atomic E-state index is 12.0. The Kier molecular flexibility index (Phi) is 4.54. The highest BCUT2D eigenvalue weighted by atomic mass is 32.1. The fourth-order valence-electron chi connectivity index (χ4n) is 3.03. The molecule has 5 nitrogen and oxygen atoms in total. The maximum atomic E-state index is 12.0. The van der Waals surface area contributed by atoms with Gasteiger partial charge in [0.1, 0.15) is 17.5 Å². The SMILES string of the molecule is COc1ccc(OC)c(C(C(=O)O)N2CCc3sccc3C2)c1. The van der Waals surface area contributed by atoms with E-state index in [2.05, 4.69) is 11.4 Å². The Bertz CT molecular complexity index is 712. The molecular weight excluding hydrogens is 314 g/mol. The first-order valence-electron chi connectivity index (χ1n) is 7.38. The van der Waals surface area contributed by atoms with Crippen LogP contribution >= 0.6 is 11.3 Å². The van der Waals surface area contributed by atoms with E-state index in [0.29, 0.717) is 30.2 Å². The van der Waals surface area contributed by atoms with Gasteiger partial charge in [-0.15, -0.1) is 11.3 Å². The number of carboxylic acids is 1. The lowest BCUT2D eigenvalue weighted by Gasteiger charge is -2.33. The lowest BCUT2D eigenvalue weighted by atomic mass is 10.00. The molecule has 1 unspecified atom stereocenters. The van der Waals surface area contributed by atoms with Crippen molar-refractivity contribution in [2.45, 2.75) is 19.0 Å². The van der Waals surface area contributed by atoms with Gasteiger partial charge in [0.15, 0.2) is 0 Å². The lowest BCUT2D eigenvalue weighted by Crippen LogP contribution is -2.37. The Balaban J connectivity index is 1.98. The van der Waals surface area contributed by atoms with E-state index in [1.165, 1.54) is 10.4 Å². The highest BCUT2D eigenvalue weighted by molar-refractivity contribution is 7.10. The van der Waals surface area contributed by atoms with Crippen LogP contribution in [0.15, 0.2) is 29.6 Å². The standard InChI is InChI=1S/C17H19NO4S/c1-21-12-3-4-14(22-2)13(9-12)16(17(19)20)18-7-5-15-11(10-18)6-8-23-15/h3-4,6,8-9,16H,5,7,10H2,1-2H3,(H,19,20). The van der Waals surface area contributed by atoms with Gasteiger partial charge in [-0.25, -0.2) is 0 Å². The molecule has 1 aliphatic heterocycles. The summed E-state index contributed by atoms with van der Waals surface area (Å²) >= 11 is 1.74. The molecule has 0 radical (unpaired) electrons. The number of aliphatic carboxylic acids is 1. The van der Waals surface area contributed by atoms with Crippen molar-refractivity contribution >= 4 is 17.3 Å². The Morgan fingerprint density at radius 1 is 1.30 bits per heavy atom. The third-order valence-electron chi connectivity index (χ3n) is 4.17. The van der Waals surface area contributed by atoms with Gasteiger partial charge < -0.3 is 14.6 Å². The minimum absolute atomic E-state index is 0.564. The van der Waals surface area contributed by atoms with Crippen LogP contribution in [0.2, 0.25) is 0 Å². The normalized spacial score (nSPS) is 15.7. The van der Waals surface area contributed by atoms with E-state index < -0.39 is 12.0 Å². The van der Waals surface area contributed by atoms with E-state index >= 15 is 0 Å². The summed E-state index contributed by atoms with van der Waals surface area (Å²) in [6.07, 6.45) is 0.878. The van der Waals surface area contributed by atoms with Crippen molar-refractivity contribution in [3.8, 4) is 11.5 Å². The smallest absolute Gasteiger partial charge is 0.325 e. The molecule has 122 valence electrons. The van der Waals surface area contributed by atoms with Gasteiger partial charge in [0.05, 0.1) is 14.2 Å². The third-order valence-corrected chi connectivity index (χ3v) is 5.19. The van der Waals surface area contributed by atoms with Crippen LogP contribution < -0.4 is 9.47 Å². The number of hydrogen-bond acceptors (Lipinski definition) is 5. The molecule has 6 heteroatoms. The van der Waals surface area contributed by atoms with Crippen LogP contribution in [0.1, 0.15) is 22.0 Å². The number of carbonyl (C=O) groups is 1. The molecule has 2 heterocycles. The van der Waals surface area contributed by atoms with Crippen molar-refractivity contribution in [2.75, 3.05) is 20.8 Å². The largest absolute Gasteiger partial charge is 0.497 e. The van der Waals surface area contributed by atoms with Crippen molar-refractivity contribution in [3.05, 3.63) is 45.6 Å². The van der Waals surface area contributed by atoms with E-state index in [-0.39, 0.29) is 0 Å². The summed E-state index contributed by atoms with van der Waals surface area (Å²) in [7, 11) is 3.12. The molecule has 1 N–H and O–H groups in total. The van der Waals surface area contributed by atoms with E-state index in [1.54, 1.807) is 43.8 Å². The van der Waals surface area contributed by atoms with Crippen LogP contribution in [0.3, 0.4) is 0 Å². The number of benzene rings is 1. The molecule has 0 saturated carbocycles. The summed E-state index contributed by atoms with van der Waals surface area (Å²) in [5.41, 5.74) is 1.84. The number of ether oxygens (including phenoxy) is 2. The molecule has 0 amide bonds. The van der Waals surface area contributed by atoms with E-state index in [1.807, 2.05) is 4.90 Å². The number of fused-ring (bicyclic) bond motifs is 1. The van der Waals surface area contributed by atoms with Gasteiger partial charge in [-0.2, -0.15) is 0 Å². The van der Waals surface area contributed by atoms with Crippen LogP contribution in [0.4, 0.5) is 0 Å². The second-order valence-corrected chi connectivity index (χ2v) is 6.44. The Labute approximate surface area is 139 Å². The molecule has 0 aliphatic carbocycles. The number of rotatable bonds is 5. The van der Waals surface area contributed by atoms with Gasteiger partial charge in [-0.05, 0) is 41.6 Å². The van der Waals surface area contributed by atoms with Crippen molar-refractivity contribution in [2.24, 2.45) is 0 Å². The van der Waals surface area contributed by atoms with E-state index in [9.17, 15) is 9.90 Å². The predicted octanol–water partition coefficient (Wildman–Crippen LogP) is 2.95. The average molecular weight is 333 g/mol. The van der Waals surface area contributed by atoms with Gasteiger partial charge in [0.25, 0.3) is 0 Å². The Hall–Kier alpha value is -2.05. The maximum Gasteiger partial charge on any atom is 0.325 e. The van der Waals surface area contributed by atoms with Gasteiger partial charge in [-0.1, -0.05) is 0 Å². The minimum Gasteiger partial charge on any atom is -0.497 e. The summed E-state index contributed by atoms with van der Waals surface area (Å²) in [5, 5.41) is 11.9. The number of methoxy groups -OCH3 is 2. The predicted molar refractivity (Wildman–Crippen MR) is 88.4 cm³/mol. The zero-order valence-corrected chi connectivity index (χ0v) is 13.9.